The number of pyridine rings is 1. The van der Waals surface area contributed by atoms with E-state index in [2.05, 4.69) is 38.3 Å². The van der Waals surface area contributed by atoms with Gasteiger partial charge in [-0.15, -0.1) is 10.2 Å². The average Bonchev–Trinajstić information content (AvgIpc) is 3.26. The van der Waals surface area contributed by atoms with Crippen molar-refractivity contribution in [1.82, 2.24) is 34.3 Å². The van der Waals surface area contributed by atoms with E-state index in [1.165, 1.54) is 0 Å². The van der Waals surface area contributed by atoms with Gasteiger partial charge in [-0.3, -0.25) is 9.38 Å². The second-order valence-electron chi connectivity index (χ2n) is 5.78. The van der Waals surface area contributed by atoms with E-state index in [0.717, 1.165) is 39.3 Å². The van der Waals surface area contributed by atoms with Crippen molar-refractivity contribution in [3.8, 4) is 17.1 Å². The summed E-state index contributed by atoms with van der Waals surface area (Å²) < 4.78 is 3.72. The van der Waals surface area contributed by atoms with Crippen LogP contribution in [-0.2, 0) is 0 Å². The molecule has 120 valence electrons. The number of fused-ring (bicyclic) bond motifs is 3. The second kappa shape index (κ2) is 5.20. The first-order valence-corrected chi connectivity index (χ1v) is 7.87. The number of nitrogens with zero attached hydrogens (tertiary/aromatic N) is 7. The Morgan fingerprint density at radius 1 is 0.920 bits per heavy atom. The maximum absolute atomic E-state index is 4.61. The molecule has 7 nitrogen and oxygen atoms in total. The van der Waals surface area contributed by atoms with Crippen LogP contribution in [0.2, 0.25) is 0 Å². The van der Waals surface area contributed by atoms with Gasteiger partial charge >= 0.3 is 0 Å². The molecule has 0 atom stereocenters. The predicted molar refractivity (Wildman–Crippen MR) is 93.4 cm³/mol. The summed E-state index contributed by atoms with van der Waals surface area (Å²) >= 11 is 0. The molecule has 0 unspecified atom stereocenters. The normalized spacial score (nSPS) is 11.4. The highest BCUT2D eigenvalue weighted by Gasteiger charge is 2.15. The second-order valence-corrected chi connectivity index (χ2v) is 5.78. The van der Waals surface area contributed by atoms with Crippen molar-refractivity contribution in [1.29, 1.82) is 0 Å². The molecular formula is C18H13N7. The summed E-state index contributed by atoms with van der Waals surface area (Å²) in [6.07, 6.45) is 7.00. The van der Waals surface area contributed by atoms with Gasteiger partial charge < -0.3 is 0 Å². The zero-order valence-electron chi connectivity index (χ0n) is 13.4. The molecule has 7 heteroatoms. The third-order valence-electron chi connectivity index (χ3n) is 4.26. The molecule has 0 saturated heterocycles. The summed E-state index contributed by atoms with van der Waals surface area (Å²) in [5, 5.41) is 14.1. The van der Waals surface area contributed by atoms with Gasteiger partial charge in [0.1, 0.15) is 6.33 Å². The van der Waals surface area contributed by atoms with Crippen molar-refractivity contribution < 1.29 is 0 Å². The number of hydrogen-bond acceptors (Lipinski definition) is 5. The number of benzene rings is 1. The highest BCUT2D eigenvalue weighted by Crippen LogP contribution is 2.24. The summed E-state index contributed by atoms with van der Waals surface area (Å²) in [5.41, 5.74) is 4.57. The molecule has 0 N–H and O–H groups in total. The van der Waals surface area contributed by atoms with Gasteiger partial charge in [-0.1, -0.05) is 18.2 Å². The Morgan fingerprint density at radius 2 is 1.76 bits per heavy atom. The lowest BCUT2D eigenvalue weighted by molar-refractivity contribution is 0.886. The third kappa shape index (κ3) is 2.02. The summed E-state index contributed by atoms with van der Waals surface area (Å²) in [4.78, 5) is 8.66. The van der Waals surface area contributed by atoms with E-state index in [0.29, 0.717) is 0 Å². The van der Waals surface area contributed by atoms with E-state index < -0.39 is 0 Å². The molecule has 5 rings (SSSR count). The van der Waals surface area contributed by atoms with E-state index in [4.69, 9.17) is 0 Å². The van der Waals surface area contributed by atoms with Gasteiger partial charge in [0.15, 0.2) is 17.1 Å². The standard InChI is InChI=1S/C18H13N7/c1-12-4-2-3-5-15(12)25-17-14(10-21-25)18-23-22-16(24(18)11-20-17)13-6-8-19-9-7-13/h2-11H,1H3. The Kier molecular flexibility index (Phi) is 2.87. The van der Waals surface area contributed by atoms with Crippen LogP contribution in [0.3, 0.4) is 0 Å². The molecule has 0 radical (unpaired) electrons. The number of rotatable bonds is 2. The predicted octanol–water partition coefficient (Wildman–Crippen LogP) is 2.83. The van der Waals surface area contributed by atoms with Gasteiger partial charge in [0.05, 0.1) is 17.3 Å². The Labute approximate surface area is 142 Å². The molecule has 0 aliphatic carbocycles. The molecule has 1 aromatic carbocycles. The molecule has 4 aromatic heterocycles. The van der Waals surface area contributed by atoms with Crippen LogP contribution in [0.1, 0.15) is 5.56 Å². The van der Waals surface area contributed by atoms with Crippen molar-refractivity contribution in [2.75, 3.05) is 0 Å². The third-order valence-corrected chi connectivity index (χ3v) is 4.26. The molecule has 0 saturated carbocycles. The van der Waals surface area contributed by atoms with Crippen LogP contribution in [0, 0.1) is 6.92 Å². The van der Waals surface area contributed by atoms with Crippen molar-refractivity contribution in [2.45, 2.75) is 6.92 Å². The fraction of sp³-hybridized carbons (Fsp3) is 0.0556. The number of para-hydroxylation sites is 1. The Hall–Kier alpha value is -3.61. The maximum Gasteiger partial charge on any atom is 0.175 e. The van der Waals surface area contributed by atoms with Crippen molar-refractivity contribution in [2.24, 2.45) is 0 Å². The minimum Gasteiger partial charge on any atom is -0.265 e. The molecule has 25 heavy (non-hydrogen) atoms. The lowest BCUT2D eigenvalue weighted by Gasteiger charge is -2.06. The zero-order chi connectivity index (χ0) is 16.8. The minimum atomic E-state index is 0.732. The fourth-order valence-corrected chi connectivity index (χ4v) is 3.00. The van der Waals surface area contributed by atoms with Gasteiger partial charge in [0, 0.05) is 18.0 Å². The van der Waals surface area contributed by atoms with E-state index in [9.17, 15) is 0 Å². The summed E-state index contributed by atoms with van der Waals surface area (Å²) in [5.74, 6) is 0.732. The van der Waals surface area contributed by atoms with Gasteiger partial charge in [-0.2, -0.15) is 5.10 Å². The van der Waals surface area contributed by atoms with Crippen LogP contribution in [-0.4, -0.2) is 34.3 Å². The molecule has 0 bridgehead atoms. The smallest absolute Gasteiger partial charge is 0.175 e. The summed E-state index contributed by atoms with van der Waals surface area (Å²) in [7, 11) is 0. The monoisotopic (exact) mass is 327 g/mol. The van der Waals surface area contributed by atoms with Crippen molar-refractivity contribution in [3.05, 3.63) is 66.9 Å². The zero-order valence-corrected chi connectivity index (χ0v) is 13.4. The van der Waals surface area contributed by atoms with Gasteiger partial charge in [0.2, 0.25) is 0 Å². The number of hydrogen-bond donors (Lipinski definition) is 0. The van der Waals surface area contributed by atoms with Gasteiger partial charge in [-0.05, 0) is 30.7 Å². The highest BCUT2D eigenvalue weighted by molar-refractivity contribution is 5.90. The van der Waals surface area contributed by atoms with Crippen LogP contribution in [0.5, 0.6) is 0 Å². The van der Waals surface area contributed by atoms with Crippen LogP contribution < -0.4 is 0 Å². The molecule has 4 heterocycles. The summed E-state index contributed by atoms with van der Waals surface area (Å²) in [6, 6.07) is 11.9. The van der Waals surface area contributed by atoms with E-state index in [-0.39, 0.29) is 0 Å². The minimum absolute atomic E-state index is 0.732. The van der Waals surface area contributed by atoms with Crippen LogP contribution in [0.4, 0.5) is 0 Å². The average molecular weight is 327 g/mol. The van der Waals surface area contributed by atoms with Gasteiger partial charge in [0.25, 0.3) is 0 Å². The largest absolute Gasteiger partial charge is 0.265 e. The molecule has 0 fully saturated rings. The van der Waals surface area contributed by atoms with E-state index in [1.54, 1.807) is 24.9 Å². The molecule has 5 aromatic rings. The molecular weight excluding hydrogens is 314 g/mol. The van der Waals surface area contributed by atoms with Crippen LogP contribution in [0.25, 0.3) is 33.8 Å². The number of aryl methyl sites for hydroxylation is 1. The first-order valence-electron chi connectivity index (χ1n) is 7.87. The van der Waals surface area contributed by atoms with Crippen LogP contribution >= 0.6 is 0 Å². The maximum atomic E-state index is 4.61. The lowest BCUT2D eigenvalue weighted by Crippen LogP contribution is -2.00. The quantitative estimate of drug-likeness (QED) is 0.498. The van der Waals surface area contributed by atoms with Gasteiger partial charge in [-0.25, -0.2) is 9.67 Å². The Balaban J connectivity index is 1.76. The Bertz CT molecular complexity index is 1200. The first kappa shape index (κ1) is 13.8. The topological polar surface area (TPSA) is 73.8 Å². The SMILES string of the molecule is Cc1ccccc1-n1ncc2c1ncn1c(-c3ccncc3)nnc21. The molecule has 0 spiro atoms. The van der Waals surface area contributed by atoms with Crippen molar-refractivity contribution in [3.63, 3.8) is 0 Å². The van der Waals surface area contributed by atoms with Crippen molar-refractivity contribution >= 4 is 16.7 Å². The lowest BCUT2D eigenvalue weighted by atomic mass is 10.2. The Morgan fingerprint density at radius 3 is 2.60 bits per heavy atom. The van der Waals surface area contributed by atoms with E-state index in [1.807, 2.05) is 39.4 Å². The fourth-order valence-electron chi connectivity index (χ4n) is 3.00. The number of aromatic nitrogens is 7. The highest BCUT2D eigenvalue weighted by atomic mass is 15.3. The molecule has 0 aliphatic rings. The van der Waals surface area contributed by atoms with E-state index >= 15 is 0 Å². The first-order chi connectivity index (χ1) is 12.3. The van der Waals surface area contributed by atoms with Crippen LogP contribution in [0.15, 0.2) is 61.3 Å². The molecule has 0 aliphatic heterocycles. The molecule has 0 amide bonds. The summed E-state index contributed by atoms with van der Waals surface area (Å²) in [6.45, 7) is 2.06.